The molecule has 0 radical (unpaired) electrons. The SMILES string of the molecule is Cc1ccc(N2CCN(C(=O)c3cccc(Br)c3)CC2)cc1Cl. The fraction of sp³-hybridized carbons (Fsp3) is 0.278. The molecule has 0 unspecified atom stereocenters. The van der Waals surface area contributed by atoms with Crippen LogP contribution in [0.25, 0.3) is 0 Å². The number of hydrogen-bond acceptors (Lipinski definition) is 2. The molecule has 2 aromatic carbocycles. The van der Waals surface area contributed by atoms with E-state index in [2.05, 4.69) is 26.9 Å². The zero-order valence-corrected chi connectivity index (χ0v) is 15.3. The maximum Gasteiger partial charge on any atom is 0.254 e. The lowest BCUT2D eigenvalue weighted by Crippen LogP contribution is -2.48. The van der Waals surface area contributed by atoms with E-state index in [1.807, 2.05) is 48.2 Å². The molecule has 0 aliphatic carbocycles. The monoisotopic (exact) mass is 392 g/mol. The summed E-state index contributed by atoms with van der Waals surface area (Å²) in [6.07, 6.45) is 0. The highest BCUT2D eigenvalue weighted by atomic mass is 79.9. The van der Waals surface area contributed by atoms with Crippen LogP contribution < -0.4 is 4.90 Å². The molecule has 5 heteroatoms. The summed E-state index contributed by atoms with van der Waals surface area (Å²) < 4.78 is 0.927. The second-order valence-corrected chi connectivity index (χ2v) is 7.05. The van der Waals surface area contributed by atoms with E-state index in [0.29, 0.717) is 0 Å². The largest absolute Gasteiger partial charge is 0.368 e. The highest BCUT2D eigenvalue weighted by molar-refractivity contribution is 9.10. The number of amides is 1. The van der Waals surface area contributed by atoms with Gasteiger partial charge >= 0.3 is 0 Å². The highest BCUT2D eigenvalue weighted by Crippen LogP contribution is 2.24. The molecule has 1 aliphatic rings. The Morgan fingerprint density at radius 3 is 2.48 bits per heavy atom. The summed E-state index contributed by atoms with van der Waals surface area (Å²) in [5.74, 6) is 0.0906. The van der Waals surface area contributed by atoms with Gasteiger partial charge in [-0.15, -0.1) is 0 Å². The molecule has 0 atom stereocenters. The Morgan fingerprint density at radius 2 is 1.83 bits per heavy atom. The summed E-state index contributed by atoms with van der Waals surface area (Å²) in [6, 6.07) is 13.7. The second kappa shape index (κ2) is 6.93. The summed E-state index contributed by atoms with van der Waals surface area (Å²) in [5, 5.41) is 0.787. The number of carbonyl (C=O) groups is 1. The minimum atomic E-state index is 0.0906. The lowest BCUT2D eigenvalue weighted by Gasteiger charge is -2.36. The van der Waals surface area contributed by atoms with Crippen LogP contribution >= 0.6 is 27.5 Å². The Hall–Kier alpha value is -1.52. The first kappa shape index (κ1) is 16.3. The van der Waals surface area contributed by atoms with Crippen LogP contribution in [0, 0.1) is 6.92 Å². The number of benzene rings is 2. The maximum absolute atomic E-state index is 12.6. The van der Waals surface area contributed by atoms with Gasteiger partial charge < -0.3 is 9.80 Å². The van der Waals surface area contributed by atoms with E-state index >= 15 is 0 Å². The average molecular weight is 394 g/mol. The Bertz CT molecular complexity index is 727. The van der Waals surface area contributed by atoms with Gasteiger partial charge in [0.1, 0.15) is 0 Å². The van der Waals surface area contributed by atoms with Crippen LogP contribution in [0.5, 0.6) is 0 Å². The third kappa shape index (κ3) is 3.70. The van der Waals surface area contributed by atoms with E-state index in [9.17, 15) is 4.79 Å². The van der Waals surface area contributed by atoms with E-state index in [-0.39, 0.29) is 5.91 Å². The van der Waals surface area contributed by atoms with Crippen molar-refractivity contribution >= 4 is 39.1 Å². The first-order valence-electron chi connectivity index (χ1n) is 7.60. The Labute approximate surface area is 150 Å². The number of aryl methyl sites for hydroxylation is 1. The lowest BCUT2D eigenvalue weighted by atomic mass is 10.1. The topological polar surface area (TPSA) is 23.6 Å². The van der Waals surface area contributed by atoms with Crippen molar-refractivity contribution in [2.24, 2.45) is 0 Å². The van der Waals surface area contributed by atoms with Gasteiger partial charge in [0.2, 0.25) is 0 Å². The van der Waals surface area contributed by atoms with E-state index in [0.717, 1.165) is 52.5 Å². The van der Waals surface area contributed by atoms with Crippen molar-refractivity contribution in [3.05, 3.63) is 63.1 Å². The standard InChI is InChI=1S/C18H18BrClN2O/c1-13-5-6-16(12-17(13)20)21-7-9-22(10-8-21)18(23)14-3-2-4-15(19)11-14/h2-6,11-12H,7-10H2,1H3. The fourth-order valence-corrected chi connectivity index (χ4v) is 3.32. The molecule has 1 saturated heterocycles. The molecule has 120 valence electrons. The number of piperazine rings is 1. The van der Waals surface area contributed by atoms with Crippen LogP contribution in [0.4, 0.5) is 5.69 Å². The minimum Gasteiger partial charge on any atom is -0.368 e. The predicted molar refractivity (Wildman–Crippen MR) is 98.4 cm³/mol. The van der Waals surface area contributed by atoms with Crippen LogP contribution in [0.15, 0.2) is 46.9 Å². The molecule has 2 aromatic rings. The van der Waals surface area contributed by atoms with Gasteiger partial charge in [-0.3, -0.25) is 4.79 Å². The molecule has 0 bridgehead atoms. The third-order valence-electron chi connectivity index (χ3n) is 4.16. The molecular formula is C18H18BrClN2O. The first-order chi connectivity index (χ1) is 11.0. The molecular weight excluding hydrogens is 376 g/mol. The van der Waals surface area contributed by atoms with Gasteiger partial charge in [0, 0.05) is 46.9 Å². The van der Waals surface area contributed by atoms with Gasteiger partial charge in [-0.25, -0.2) is 0 Å². The summed E-state index contributed by atoms with van der Waals surface area (Å²) in [4.78, 5) is 16.7. The summed E-state index contributed by atoms with van der Waals surface area (Å²) >= 11 is 9.63. The summed E-state index contributed by atoms with van der Waals surface area (Å²) in [6.45, 7) is 5.08. The van der Waals surface area contributed by atoms with Gasteiger partial charge in [0.15, 0.2) is 0 Å². The Balaban J connectivity index is 1.66. The van der Waals surface area contributed by atoms with Gasteiger partial charge in [0.25, 0.3) is 5.91 Å². The molecule has 1 fully saturated rings. The molecule has 1 heterocycles. The van der Waals surface area contributed by atoms with E-state index in [1.54, 1.807) is 0 Å². The van der Waals surface area contributed by atoms with Crippen molar-refractivity contribution in [1.29, 1.82) is 0 Å². The van der Waals surface area contributed by atoms with Crippen LogP contribution in [0.2, 0.25) is 5.02 Å². The van der Waals surface area contributed by atoms with E-state index in [1.165, 1.54) is 0 Å². The van der Waals surface area contributed by atoms with Gasteiger partial charge in [-0.2, -0.15) is 0 Å². The predicted octanol–water partition coefficient (Wildman–Crippen LogP) is 4.37. The van der Waals surface area contributed by atoms with E-state index < -0.39 is 0 Å². The Kier molecular flexibility index (Phi) is 4.93. The number of halogens is 2. The maximum atomic E-state index is 12.6. The number of carbonyl (C=O) groups excluding carboxylic acids is 1. The van der Waals surface area contributed by atoms with Crippen LogP contribution in [-0.4, -0.2) is 37.0 Å². The van der Waals surface area contributed by atoms with E-state index in [4.69, 9.17) is 11.6 Å². The van der Waals surface area contributed by atoms with Crippen molar-refractivity contribution in [2.45, 2.75) is 6.92 Å². The molecule has 3 rings (SSSR count). The van der Waals surface area contributed by atoms with Crippen LogP contribution in [0.3, 0.4) is 0 Å². The molecule has 23 heavy (non-hydrogen) atoms. The molecule has 0 spiro atoms. The molecule has 1 amide bonds. The smallest absolute Gasteiger partial charge is 0.254 e. The van der Waals surface area contributed by atoms with Crippen molar-refractivity contribution in [2.75, 3.05) is 31.1 Å². The summed E-state index contributed by atoms with van der Waals surface area (Å²) in [5.41, 5.74) is 2.93. The zero-order chi connectivity index (χ0) is 16.4. The first-order valence-corrected chi connectivity index (χ1v) is 8.77. The minimum absolute atomic E-state index is 0.0906. The van der Waals surface area contributed by atoms with Gasteiger partial charge in [0.05, 0.1) is 0 Å². The Morgan fingerprint density at radius 1 is 1.09 bits per heavy atom. The normalized spacial score (nSPS) is 14.9. The van der Waals surface area contributed by atoms with Crippen molar-refractivity contribution < 1.29 is 4.79 Å². The van der Waals surface area contributed by atoms with Gasteiger partial charge in [-0.1, -0.05) is 39.7 Å². The van der Waals surface area contributed by atoms with Crippen molar-refractivity contribution in [3.8, 4) is 0 Å². The molecule has 0 N–H and O–H groups in total. The molecule has 0 aromatic heterocycles. The fourth-order valence-electron chi connectivity index (χ4n) is 2.75. The van der Waals surface area contributed by atoms with Crippen molar-refractivity contribution in [1.82, 2.24) is 4.90 Å². The van der Waals surface area contributed by atoms with Crippen LogP contribution in [0.1, 0.15) is 15.9 Å². The van der Waals surface area contributed by atoms with Gasteiger partial charge in [-0.05, 0) is 42.8 Å². The third-order valence-corrected chi connectivity index (χ3v) is 5.06. The number of hydrogen-bond donors (Lipinski definition) is 0. The quantitative estimate of drug-likeness (QED) is 0.756. The highest BCUT2D eigenvalue weighted by Gasteiger charge is 2.22. The second-order valence-electron chi connectivity index (χ2n) is 5.72. The molecule has 3 nitrogen and oxygen atoms in total. The molecule has 0 saturated carbocycles. The zero-order valence-electron chi connectivity index (χ0n) is 12.9. The number of anilines is 1. The summed E-state index contributed by atoms with van der Waals surface area (Å²) in [7, 11) is 0. The average Bonchev–Trinajstić information content (AvgIpc) is 2.57. The number of nitrogens with zero attached hydrogens (tertiary/aromatic N) is 2. The van der Waals surface area contributed by atoms with Crippen LogP contribution in [-0.2, 0) is 0 Å². The lowest BCUT2D eigenvalue weighted by molar-refractivity contribution is 0.0746. The number of rotatable bonds is 2. The molecule has 1 aliphatic heterocycles. The van der Waals surface area contributed by atoms with Crippen molar-refractivity contribution in [3.63, 3.8) is 0 Å².